The normalized spacial score (nSPS) is 19.8. The van der Waals surface area contributed by atoms with Crippen molar-refractivity contribution >= 4 is 22.8 Å². The number of hydrogen-bond acceptors (Lipinski definition) is 4. The summed E-state index contributed by atoms with van der Waals surface area (Å²) in [7, 11) is 0. The number of aryl methyl sites for hydroxylation is 1. The Kier molecular flexibility index (Phi) is 5.08. The molecule has 0 saturated heterocycles. The Morgan fingerprint density at radius 3 is 2.72 bits per heavy atom. The van der Waals surface area contributed by atoms with Gasteiger partial charge in [-0.25, -0.2) is 0 Å². The first-order chi connectivity index (χ1) is 12.0. The third-order valence-corrected chi connectivity index (χ3v) is 5.00. The number of carbonyl (C=O) groups is 2. The van der Waals surface area contributed by atoms with E-state index in [1.165, 1.54) is 11.8 Å². The van der Waals surface area contributed by atoms with E-state index in [9.17, 15) is 9.59 Å². The van der Waals surface area contributed by atoms with Crippen LogP contribution in [-0.4, -0.2) is 47.1 Å². The van der Waals surface area contributed by atoms with Gasteiger partial charge in [-0.1, -0.05) is 19.9 Å². The van der Waals surface area contributed by atoms with E-state index in [2.05, 4.69) is 12.2 Å². The zero-order chi connectivity index (χ0) is 18.0. The number of aliphatic carboxylic acids is 1. The molecular weight excluding hydrogens is 320 g/mol. The van der Waals surface area contributed by atoms with Crippen molar-refractivity contribution in [3.8, 4) is 0 Å². The van der Waals surface area contributed by atoms with Gasteiger partial charge in [-0.3, -0.25) is 14.5 Å². The Labute approximate surface area is 146 Å². The van der Waals surface area contributed by atoms with Gasteiger partial charge in [0, 0.05) is 17.5 Å². The number of carboxylic acid groups (broad SMARTS) is 1. The number of amides is 1. The Morgan fingerprint density at radius 2 is 2.08 bits per heavy atom. The number of rotatable bonds is 7. The smallest absolute Gasteiger partial charge is 0.317 e. The average Bonchev–Trinajstić information content (AvgIpc) is 2.98. The summed E-state index contributed by atoms with van der Waals surface area (Å²) in [4.78, 5) is 25.4. The lowest BCUT2D eigenvalue weighted by molar-refractivity contribution is -0.139. The minimum Gasteiger partial charge on any atom is -0.480 e. The van der Waals surface area contributed by atoms with E-state index in [1.54, 1.807) is 0 Å². The summed E-state index contributed by atoms with van der Waals surface area (Å²) in [5, 5.41) is 12.8. The molecule has 1 aliphatic rings. The number of likely N-dealkylation sites (N-methyl/N-ethyl adjacent to an activating group) is 1. The van der Waals surface area contributed by atoms with Crippen LogP contribution in [0, 0.1) is 0 Å². The SMILES string of the molecule is CCc1ccc2occ(C(=O)NC3CC(N(CC)CC(=O)O)C3)c2c1. The van der Waals surface area contributed by atoms with Crippen molar-refractivity contribution < 1.29 is 19.1 Å². The fourth-order valence-corrected chi connectivity index (χ4v) is 3.41. The van der Waals surface area contributed by atoms with Crippen LogP contribution in [0.2, 0.25) is 0 Å². The summed E-state index contributed by atoms with van der Waals surface area (Å²) in [6, 6.07) is 6.21. The molecule has 1 fully saturated rings. The second-order valence-electron chi connectivity index (χ2n) is 6.59. The molecule has 1 heterocycles. The minimum absolute atomic E-state index is 0.0496. The van der Waals surface area contributed by atoms with Gasteiger partial charge in [-0.05, 0) is 43.5 Å². The Bertz CT molecular complexity index is 777. The van der Waals surface area contributed by atoms with Crippen molar-refractivity contribution in [1.82, 2.24) is 10.2 Å². The first-order valence-corrected chi connectivity index (χ1v) is 8.78. The van der Waals surface area contributed by atoms with Crippen LogP contribution in [0.5, 0.6) is 0 Å². The van der Waals surface area contributed by atoms with Gasteiger partial charge in [-0.15, -0.1) is 0 Å². The number of hydrogen-bond donors (Lipinski definition) is 2. The zero-order valence-corrected chi connectivity index (χ0v) is 14.6. The van der Waals surface area contributed by atoms with Gasteiger partial charge in [0.05, 0.1) is 12.1 Å². The fourth-order valence-electron chi connectivity index (χ4n) is 3.41. The van der Waals surface area contributed by atoms with Crippen LogP contribution in [0.3, 0.4) is 0 Å². The molecule has 0 radical (unpaired) electrons. The molecule has 2 N–H and O–H groups in total. The lowest BCUT2D eigenvalue weighted by Gasteiger charge is -2.42. The van der Waals surface area contributed by atoms with Gasteiger partial charge in [0.15, 0.2) is 0 Å². The van der Waals surface area contributed by atoms with Crippen LogP contribution in [0.25, 0.3) is 11.0 Å². The number of furan rings is 1. The number of nitrogens with one attached hydrogen (secondary N) is 1. The summed E-state index contributed by atoms with van der Waals surface area (Å²) in [5.74, 6) is -0.942. The zero-order valence-electron chi connectivity index (χ0n) is 14.6. The molecule has 1 aromatic carbocycles. The van der Waals surface area contributed by atoms with Crippen LogP contribution >= 0.6 is 0 Å². The summed E-state index contributed by atoms with van der Waals surface area (Å²) >= 11 is 0. The topological polar surface area (TPSA) is 82.8 Å². The highest BCUT2D eigenvalue weighted by molar-refractivity contribution is 6.06. The average molecular weight is 344 g/mol. The Morgan fingerprint density at radius 1 is 1.32 bits per heavy atom. The van der Waals surface area contributed by atoms with E-state index in [0.29, 0.717) is 17.7 Å². The molecular formula is C19H24N2O4. The number of carboxylic acids is 1. The van der Waals surface area contributed by atoms with Crippen molar-refractivity contribution in [3.63, 3.8) is 0 Å². The maximum Gasteiger partial charge on any atom is 0.317 e. The summed E-state index contributed by atoms with van der Waals surface area (Å²) in [5.41, 5.74) is 2.44. The standard InChI is InChI=1S/C19H24N2O4/c1-3-12-5-6-17-15(7-12)16(11-25-17)19(24)20-13-8-14(9-13)21(4-2)10-18(22)23/h5-7,11,13-14H,3-4,8-10H2,1-2H3,(H,20,24)(H,22,23). The molecule has 0 atom stereocenters. The van der Waals surface area contributed by atoms with Crippen molar-refractivity contribution in [2.45, 2.75) is 45.2 Å². The Balaban J connectivity index is 1.62. The third kappa shape index (κ3) is 3.69. The highest BCUT2D eigenvalue weighted by Crippen LogP contribution is 2.27. The van der Waals surface area contributed by atoms with Crippen molar-refractivity contribution in [2.24, 2.45) is 0 Å². The van der Waals surface area contributed by atoms with Gasteiger partial charge < -0.3 is 14.8 Å². The first kappa shape index (κ1) is 17.5. The molecule has 1 amide bonds. The molecule has 0 bridgehead atoms. The fraction of sp³-hybridized carbons (Fsp3) is 0.474. The van der Waals surface area contributed by atoms with Crippen LogP contribution < -0.4 is 5.32 Å². The van der Waals surface area contributed by atoms with E-state index in [1.807, 2.05) is 30.0 Å². The molecule has 0 spiro atoms. The van der Waals surface area contributed by atoms with Gasteiger partial charge in [-0.2, -0.15) is 0 Å². The quantitative estimate of drug-likeness (QED) is 0.807. The minimum atomic E-state index is -0.814. The van der Waals surface area contributed by atoms with E-state index in [-0.39, 0.29) is 24.5 Å². The molecule has 134 valence electrons. The maximum atomic E-state index is 12.6. The highest BCUT2D eigenvalue weighted by atomic mass is 16.4. The van der Waals surface area contributed by atoms with Crippen molar-refractivity contribution in [1.29, 1.82) is 0 Å². The molecule has 6 nitrogen and oxygen atoms in total. The van der Waals surface area contributed by atoms with E-state index < -0.39 is 5.97 Å². The van der Waals surface area contributed by atoms with Gasteiger partial charge in [0.25, 0.3) is 5.91 Å². The summed E-state index contributed by atoms with van der Waals surface area (Å²) < 4.78 is 5.49. The molecule has 0 unspecified atom stereocenters. The molecule has 2 aromatic rings. The van der Waals surface area contributed by atoms with Crippen LogP contribution in [0.15, 0.2) is 28.9 Å². The predicted octanol–water partition coefficient (Wildman–Crippen LogP) is 2.66. The van der Waals surface area contributed by atoms with Gasteiger partial charge in [0.1, 0.15) is 11.8 Å². The Hall–Kier alpha value is -2.34. The molecule has 1 aliphatic carbocycles. The number of benzene rings is 1. The summed E-state index contributed by atoms with van der Waals surface area (Å²) in [6.07, 6.45) is 3.98. The van der Waals surface area contributed by atoms with Crippen molar-refractivity contribution in [2.75, 3.05) is 13.1 Å². The molecule has 25 heavy (non-hydrogen) atoms. The number of carbonyl (C=O) groups excluding carboxylic acids is 1. The van der Waals surface area contributed by atoms with E-state index in [0.717, 1.165) is 24.6 Å². The summed E-state index contributed by atoms with van der Waals surface area (Å²) in [6.45, 7) is 4.78. The third-order valence-electron chi connectivity index (χ3n) is 5.00. The number of fused-ring (bicyclic) bond motifs is 1. The molecule has 1 saturated carbocycles. The monoisotopic (exact) mass is 344 g/mol. The van der Waals surface area contributed by atoms with Crippen LogP contribution in [0.4, 0.5) is 0 Å². The van der Waals surface area contributed by atoms with Crippen molar-refractivity contribution in [3.05, 3.63) is 35.6 Å². The molecule has 3 rings (SSSR count). The molecule has 6 heteroatoms. The van der Waals surface area contributed by atoms with Crippen LogP contribution in [-0.2, 0) is 11.2 Å². The van der Waals surface area contributed by atoms with Gasteiger partial charge >= 0.3 is 5.97 Å². The first-order valence-electron chi connectivity index (χ1n) is 8.78. The molecule has 1 aromatic heterocycles. The second-order valence-corrected chi connectivity index (χ2v) is 6.59. The maximum absolute atomic E-state index is 12.6. The lowest BCUT2D eigenvalue weighted by Crippen LogP contribution is -2.54. The van der Waals surface area contributed by atoms with E-state index >= 15 is 0 Å². The highest BCUT2D eigenvalue weighted by Gasteiger charge is 2.35. The predicted molar refractivity (Wildman–Crippen MR) is 94.8 cm³/mol. The lowest BCUT2D eigenvalue weighted by atomic mass is 9.85. The van der Waals surface area contributed by atoms with Gasteiger partial charge in [0.2, 0.25) is 0 Å². The second kappa shape index (κ2) is 7.27. The van der Waals surface area contributed by atoms with Crippen LogP contribution in [0.1, 0.15) is 42.6 Å². The number of nitrogens with zero attached hydrogens (tertiary/aromatic N) is 1. The van der Waals surface area contributed by atoms with E-state index in [4.69, 9.17) is 9.52 Å². The largest absolute Gasteiger partial charge is 0.480 e. The molecule has 0 aliphatic heterocycles.